The van der Waals surface area contributed by atoms with Gasteiger partial charge in [-0.3, -0.25) is 4.79 Å². The fourth-order valence-electron chi connectivity index (χ4n) is 9.63. The van der Waals surface area contributed by atoms with Gasteiger partial charge < -0.3 is 104 Å². The van der Waals surface area contributed by atoms with Crippen molar-refractivity contribution in [1.29, 1.82) is 0 Å². The Morgan fingerprint density at radius 1 is 0.766 bits per heavy atom. The predicted octanol–water partition coefficient (Wildman–Crippen LogP) is -5.27. The van der Waals surface area contributed by atoms with E-state index in [4.69, 9.17) is 42.6 Å². The predicted molar refractivity (Wildman–Crippen MR) is 207 cm³/mol. The lowest BCUT2D eigenvalue weighted by molar-refractivity contribution is -0.387. The first-order chi connectivity index (χ1) is 30.3. The van der Waals surface area contributed by atoms with Crippen molar-refractivity contribution in [2.45, 2.75) is 160 Å². The highest BCUT2D eigenvalue weighted by atomic mass is 32.2. The first kappa shape index (κ1) is 48.2. The van der Waals surface area contributed by atoms with E-state index in [0.717, 1.165) is 0 Å². The zero-order valence-corrected chi connectivity index (χ0v) is 35.3. The Bertz CT molecular complexity index is 1810. The summed E-state index contributed by atoms with van der Waals surface area (Å²) in [6, 6.07) is 5.37. The van der Waals surface area contributed by atoms with E-state index in [0.29, 0.717) is 0 Å². The molecule has 24 atom stereocenters. The average molecular weight is 937 g/mol. The Hall–Kier alpha value is -2.25. The number of phenols is 1. The van der Waals surface area contributed by atoms with E-state index in [2.05, 4.69) is 0 Å². The van der Waals surface area contributed by atoms with Crippen molar-refractivity contribution >= 4 is 23.5 Å². The van der Waals surface area contributed by atoms with Crippen LogP contribution >= 0.6 is 11.8 Å². The number of aromatic hydroxyl groups is 1. The quantitative estimate of drug-likeness (QED) is 0.0975. The monoisotopic (exact) mass is 936 g/mol. The number of carbonyl (C=O) groups is 2. The Morgan fingerprint density at radius 3 is 2.09 bits per heavy atom. The summed E-state index contributed by atoms with van der Waals surface area (Å²) < 4.78 is 53.2. The normalized spacial score (nSPS) is 50.5. The molecule has 1 saturated carbocycles. The number of fused-ring (bicyclic) bond motifs is 3. The summed E-state index contributed by atoms with van der Waals surface area (Å²) in [6.45, 7) is 1.34. The van der Waals surface area contributed by atoms with Crippen LogP contribution in [0.4, 0.5) is 0 Å². The molecule has 0 aromatic heterocycles. The number of carbonyl (C=O) groups excluding carboxylic acids is 2. The molecule has 6 saturated heterocycles. The van der Waals surface area contributed by atoms with Crippen molar-refractivity contribution in [3.05, 3.63) is 29.8 Å². The number of esters is 1. The maximum atomic E-state index is 14.2. The summed E-state index contributed by atoms with van der Waals surface area (Å²) in [5.41, 5.74) is -2.32. The number of rotatable bonds is 10. The molecule has 1 aromatic carbocycles. The highest BCUT2D eigenvalue weighted by molar-refractivity contribution is 8.00. The lowest BCUT2D eigenvalue weighted by Crippen LogP contribution is -2.67. The summed E-state index contributed by atoms with van der Waals surface area (Å²) >= 11 is 1.23. The van der Waals surface area contributed by atoms with Gasteiger partial charge in [-0.15, -0.1) is 0 Å². The Kier molecular flexibility index (Phi) is 14.1. The first-order valence-corrected chi connectivity index (χ1v) is 22.2. The van der Waals surface area contributed by atoms with Gasteiger partial charge >= 0.3 is 5.97 Å². The number of phenolic OH excluding ortho intramolecular Hbond substituents is 1. The molecule has 1 aromatic rings. The summed E-state index contributed by atoms with van der Waals surface area (Å²) in [4.78, 5) is 27.3. The molecule has 0 amide bonds. The smallest absolute Gasteiger partial charge is 0.338 e. The van der Waals surface area contributed by atoms with Gasteiger partial charge in [-0.2, -0.15) is 11.8 Å². The molecule has 64 heavy (non-hydrogen) atoms. The maximum Gasteiger partial charge on any atom is 0.338 e. The van der Waals surface area contributed by atoms with Crippen LogP contribution in [0.5, 0.6) is 5.75 Å². The van der Waals surface area contributed by atoms with Crippen molar-refractivity contribution in [3.63, 3.8) is 0 Å². The molecule has 7 fully saturated rings. The fourth-order valence-corrected chi connectivity index (χ4v) is 11.3. The van der Waals surface area contributed by atoms with Crippen LogP contribution in [0, 0.1) is 11.8 Å². The highest BCUT2D eigenvalue weighted by Crippen LogP contribution is 2.56. The number of ketones is 1. The fraction of sp³-hybridized carbons (Fsp3) is 0.800. The van der Waals surface area contributed by atoms with Crippen LogP contribution in [0.1, 0.15) is 37.0 Å². The van der Waals surface area contributed by atoms with Gasteiger partial charge in [0, 0.05) is 29.3 Å². The van der Waals surface area contributed by atoms with Gasteiger partial charge in [0.2, 0.25) is 11.6 Å². The molecule has 0 radical (unpaired) electrons. The molecule has 1 spiro atoms. The molecular weight excluding hydrogens is 880 g/mol. The third-order valence-corrected chi connectivity index (χ3v) is 15.0. The molecule has 1 aliphatic carbocycles. The zero-order valence-electron chi connectivity index (χ0n) is 34.5. The highest BCUT2D eigenvalue weighted by Gasteiger charge is 2.74. The molecule has 8 rings (SSSR count). The van der Waals surface area contributed by atoms with Crippen molar-refractivity contribution in [2.24, 2.45) is 11.8 Å². The molecule has 360 valence electrons. The molecule has 0 unspecified atom stereocenters. The molecule has 12 N–H and O–H groups in total. The number of hydrogen-bond acceptors (Lipinski definition) is 24. The van der Waals surface area contributed by atoms with Crippen LogP contribution in [-0.4, -0.2) is 232 Å². The van der Waals surface area contributed by atoms with Crippen LogP contribution in [0.2, 0.25) is 0 Å². The second-order valence-corrected chi connectivity index (χ2v) is 18.8. The van der Waals surface area contributed by atoms with Crippen molar-refractivity contribution < 1.29 is 113 Å². The molecule has 6 heterocycles. The van der Waals surface area contributed by atoms with Crippen molar-refractivity contribution in [3.8, 4) is 5.75 Å². The molecule has 6 aliphatic heterocycles. The van der Waals surface area contributed by atoms with Gasteiger partial charge in [-0.25, -0.2) is 4.79 Å². The van der Waals surface area contributed by atoms with E-state index in [1.54, 1.807) is 6.92 Å². The summed E-state index contributed by atoms with van der Waals surface area (Å²) in [5.74, 6) is -4.83. The van der Waals surface area contributed by atoms with Gasteiger partial charge in [-0.05, 0) is 37.6 Å². The first-order valence-electron chi connectivity index (χ1n) is 21.1. The van der Waals surface area contributed by atoms with Gasteiger partial charge in [-0.1, -0.05) is 6.92 Å². The standard InChI is InChI=1S/C40H56O23S/c1-13-11-55-39(8-18(13)57-34(52)15-3-5-16(43)6-4-15)38(53)40(54)22(44)7-17-21(12-64-32(17)33(40)63-39)60-37-31(27(49)24(46)19(9-41)59-37)62-36-29(51)30(25(47)20(10-42)58-36)61-35-28(50)26(48)23(45)14(2)56-35/h3-6,13-14,17-33,35-37,41-51,54H,7-12H2,1-2H3/t13-,14+,17-,18+,19-,20-,21+,22+,23+,24-,25-,26-,27+,28-,29-,30+,31-,32+,33-,35+,36+,37+,39+,40-/m1/s1. The van der Waals surface area contributed by atoms with E-state index < -0.39 is 170 Å². The SMILES string of the molecule is C[C@@H]1CO[C@@]2(C[C@@H]1OC(=O)c1ccc(O)cc1)O[C@@H]1[C@H]3SC[C@H](O[C@@H]4O[C@H](CO)[C@@H](O)[C@H](O)[C@H]4O[C@@H]4O[C@H](CO)[C@@H](O)[C@H](O[C@@H]5O[C@@H](C)[C@H](O)[C@@H](O)[C@H]5O)[C@H]4O)[C@H]3C[C@H](O)[C@]1(O)C2=O. The van der Waals surface area contributed by atoms with Crippen LogP contribution < -0.4 is 0 Å². The summed E-state index contributed by atoms with van der Waals surface area (Å²) in [5, 5.41) is 128. The average Bonchev–Trinajstić information content (AvgIpc) is 3.76. The number of Topliss-reactive ketones (excluding diaryl/α,β-unsaturated/α-hetero) is 1. The molecule has 0 bridgehead atoms. The third-order valence-electron chi connectivity index (χ3n) is 13.5. The summed E-state index contributed by atoms with van der Waals surface area (Å²) in [7, 11) is 0. The lowest BCUT2D eigenvalue weighted by atomic mass is 9.70. The van der Waals surface area contributed by atoms with E-state index >= 15 is 0 Å². The van der Waals surface area contributed by atoms with E-state index in [9.17, 15) is 70.9 Å². The van der Waals surface area contributed by atoms with Gasteiger partial charge in [0.25, 0.3) is 0 Å². The third kappa shape index (κ3) is 8.39. The lowest BCUT2D eigenvalue weighted by Gasteiger charge is -2.48. The van der Waals surface area contributed by atoms with E-state index in [1.165, 1.54) is 43.0 Å². The van der Waals surface area contributed by atoms with E-state index in [1.807, 2.05) is 0 Å². The molecule has 24 heteroatoms. The second kappa shape index (κ2) is 18.7. The Morgan fingerprint density at radius 2 is 1.41 bits per heavy atom. The minimum Gasteiger partial charge on any atom is -0.508 e. The number of hydrogen-bond donors (Lipinski definition) is 12. The largest absolute Gasteiger partial charge is 0.508 e. The van der Waals surface area contributed by atoms with Crippen molar-refractivity contribution in [1.82, 2.24) is 0 Å². The topological polar surface area (TPSA) is 360 Å². The number of aliphatic hydroxyl groups excluding tert-OH is 10. The minimum absolute atomic E-state index is 0.0583. The van der Waals surface area contributed by atoms with E-state index in [-0.39, 0.29) is 36.5 Å². The van der Waals surface area contributed by atoms with Crippen LogP contribution in [0.15, 0.2) is 24.3 Å². The van der Waals surface area contributed by atoms with Gasteiger partial charge in [0.05, 0.1) is 43.7 Å². The maximum absolute atomic E-state index is 14.2. The van der Waals surface area contributed by atoms with Gasteiger partial charge in [0.15, 0.2) is 24.5 Å². The Labute approximate surface area is 369 Å². The number of thioether (sulfide) groups is 1. The molecule has 23 nitrogen and oxygen atoms in total. The molecular formula is C40H56O23S. The van der Waals surface area contributed by atoms with Crippen LogP contribution in [-0.2, 0) is 47.4 Å². The number of ether oxygens (including phenoxy) is 9. The van der Waals surface area contributed by atoms with Crippen LogP contribution in [0.3, 0.4) is 0 Å². The second-order valence-electron chi connectivity index (χ2n) is 17.6. The van der Waals surface area contributed by atoms with Crippen LogP contribution in [0.25, 0.3) is 0 Å². The Balaban J connectivity index is 0.987. The van der Waals surface area contributed by atoms with Crippen molar-refractivity contribution in [2.75, 3.05) is 25.6 Å². The van der Waals surface area contributed by atoms with Gasteiger partial charge in [0.1, 0.15) is 85.1 Å². The number of aliphatic hydroxyl groups is 11. The zero-order chi connectivity index (χ0) is 46.2. The summed E-state index contributed by atoms with van der Waals surface area (Å²) in [6.07, 6.45) is -30.8. The minimum atomic E-state index is -2.46. The number of benzene rings is 1. The molecule has 7 aliphatic rings.